The molecule has 3 amide bonds. The van der Waals surface area contributed by atoms with Crippen LogP contribution in [0.15, 0.2) is 72.9 Å². The van der Waals surface area contributed by atoms with Gasteiger partial charge in [0.05, 0.1) is 23.4 Å². The second-order valence-electron chi connectivity index (χ2n) is 6.76. The summed E-state index contributed by atoms with van der Waals surface area (Å²) in [5.41, 5.74) is 2.74. The lowest BCUT2D eigenvalue weighted by Gasteiger charge is -2.13. The number of amides is 3. The van der Waals surface area contributed by atoms with Gasteiger partial charge in [0.25, 0.3) is 17.7 Å². The minimum absolute atomic E-state index is 0.272. The molecule has 0 unspecified atom stereocenters. The summed E-state index contributed by atoms with van der Waals surface area (Å²) in [4.78, 5) is 43.2. The van der Waals surface area contributed by atoms with Crippen molar-refractivity contribution in [3.63, 3.8) is 0 Å². The Morgan fingerprint density at radius 1 is 0.897 bits per heavy atom. The van der Waals surface area contributed by atoms with E-state index in [4.69, 9.17) is 0 Å². The minimum Gasteiger partial charge on any atom is -0.346 e. The zero-order valence-electron chi connectivity index (χ0n) is 15.7. The molecule has 144 valence electrons. The smallest absolute Gasteiger partial charge is 0.261 e. The van der Waals surface area contributed by atoms with Gasteiger partial charge < -0.3 is 5.32 Å². The number of carbonyl (C=O) groups excluding carboxylic acids is 3. The molecule has 1 aromatic heterocycles. The number of imide groups is 1. The molecule has 0 saturated heterocycles. The van der Waals surface area contributed by atoms with Crippen LogP contribution in [-0.2, 0) is 13.0 Å². The van der Waals surface area contributed by atoms with E-state index in [9.17, 15) is 14.4 Å². The summed E-state index contributed by atoms with van der Waals surface area (Å²) >= 11 is 0. The molecule has 2 heterocycles. The van der Waals surface area contributed by atoms with Gasteiger partial charge in [0.1, 0.15) is 0 Å². The number of benzene rings is 2. The van der Waals surface area contributed by atoms with Crippen molar-refractivity contribution >= 4 is 17.7 Å². The summed E-state index contributed by atoms with van der Waals surface area (Å²) in [6, 6.07) is 19.8. The standard InChI is InChI=1S/C23H19N3O3/c27-21(25-15-18-8-4-5-12-24-18)17-9-10-19-20(14-17)23(29)26(22(19)28)13-11-16-6-2-1-3-7-16/h1-10,12,14H,11,13,15H2,(H,25,27). The third-order valence-electron chi connectivity index (χ3n) is 4.86. The van der Waals surface area contributed by atoms with E-state index < -0.39 is 0 Å². The zero-order valence-corrected chi connectivity index (χ0v) is 15.7. The van der Waals surface area contributed by atoms with Crippen LogP contribution in [0.4, 0.5) is 0 Å². The van der Waals surface area contributed by atoms with Crippen LogP contribution >= 0.6 is 0 Å². The van der Waals surface area contributed by atoms with Gasteiger partial charge >= 0.3 is 0 Å². The fourth-order valence-electron chi connectivity index (χ4n) is 3.30. The van der Waals surface area contributed by atoms with E-state index in [0.29, 0.717) is 24.1 Å². The minimum atomic E-state index is -0.361. The quantitative estimate of drug-likeness (QED) is 0.662. The molecule has 0 saturated carbocycles. The first-order valence-electron chi connectivity index (χ1n) is 9.36. The molecule has 1 aliphatic heterocycles. The van der Waals surface area contributed by atoms with Crippen molar-refractivity contribution in [3.8, 4) is 0 Å². The highest BCUT2D eigenvalue weighted by molar-refractivity contribution is 6.22. The summed E-state index contributed by atoms with van der Waals surface area (Å²) in [6.07, 6.45) is 2.24. The topological polar surface area (TPSA) is 79.4 Å². The van der Waals surface area contributed by atoms with Gasteiger partial charge in [0, 0.05) is 18.3 Å². The molecule has 6 heteroatoms. The van der Waals surface area contributed by atoms with Crippen molar-refractivity contribution in [1.29, 1.82) is 0 Å². The van der Waals surface area contributed by atoms with Crippen LogP contribution in [0.25, 0.3) is 0 Å². The highest BCUT2D eigenvalue weighted by Gasteiger charge is 2.35. The summed E-state index contributed by atoms with van der Waals surface area (Å²) < 4.78 is 0. The van der Waals surface area contributed by atoms with Crippen molar-refractivity contribution < 1.29 is 14.4 Å². The van der Waals surface area contributed by atoms with E-state index in [1.165, 1.54) is 11.0 Å². The van der Waals surface area contributed by atoms with Gasteiger partial charge in [-0.3, -0.25) is 24.3 Å². The third kappa shape index (κ3) is 3.91. The molecule has 0 bridgehead atoms. The Morgan fingerprint density at radius 2 is 1.66 bits per heavy atom. The first-order chi connectivity index (χ1) is 14.1. The van der Waals surface area contributed by atoms with E-state index in [2.05, 4.69) is 10.3 Å². The summed E-state index contributed by atoms with van der Waals surface area (Å²) in [6.45, 7) is 0.588. The van der Waals surface area contributed by atoms with Crippen molar-refractivity contribution in [1.82, 2.24) is 15.2 Å². The highest BCUT2D eigenvalue weighted by Crippen LogP contribution is 2.24. The molecule has 0 atom stereocenters. The number of hydrogen-bond donors (Lipinski definition) is 1. The number of pyridine rings is 1. The van der Waals surface area contributed by atoms with E-state index in [-0.39, 0.29) is 29.8 Å². The van der Waals surface area contributed by atoms with Crippen LogP contribution in [0.2, 0.25) is 0 Å². The Bertz CT molecular complexity index is 1070. The Labute approximate surface area is 168 Å². The molecule has 0 radical (unpaired) electrons. The maximum absolute atomic E-state index is 12.7. The molecule has 0 spiro atoms. The lowest BCUT2D eigenvalue weighted by atomic mass is 10.1. The van der Waals surface area contributed by atoms with Crippen molar-refractivity contribution in [2.45, 2.75) is 13.0 Å². The first kappa shape index (κ1) is 18.6. The number of aromatic nitrogens is 1. The number of hydrogen-bond acceptors (Lipinski definition) is 4. The molecule has 4 rings (SSSR count). The number of carbonyl (C=O) groups is 3. The fraction of sp³-hybridized carbons (Fsp3) is 0.130. The zero-order chi connectivity index (χ0) is 20.2. The monoisotopic (exact) mass is 385 g/mol. The van der Waals surface area contributed by atoms with Crippen molar-refractivity contribution in [2.75, 3.05) is 6.54 Å². The van der Waals surface area contributed by atoms with Gasteiger partial charge in [-0.2, -0.15) is 0 Å². The average molecular weight is 385 g/mol. The molecular weight excluding hydrogens is 366 g/mol. The molecular formula is C23H19N3O3. The highest BCUT2D eigenvalue weighted by atomic mass is 16.2. The lowest BCUT2D eigenvalue weighted by Crippen LogP contribution is -2.31. The Balaban J connectivity index is 1.45. The fourth-order valence-corrected chi connectivity index (χ4v) is 3.30. The summed E-state index contributed by atoms with van der Waals surface area (Å²) in [5, 5.41) is 2.78. The van der Waals surface area contributed by atoms with Crippen LogP contribution in [0.3, 0.4) is 0 Å². The van der Waals surface area contributed by atoms with E-state index >= 15 is 0 Å². The predicted octanol–water partition coefficient (Wildman–Crippen LogP) is 2.85. The summed E-state index contributed by atoms with van der Waals surface area (Å²) in [5.74, 6) is -0.997. The van der Waals surface area contributed by atoms with Crippen molar-refractivity contribution in [3.05, 3.63) is 101 Å². The largest absolute Gasteiger partial charge is 0.346 e. The van der Waals surface area contributed by atoms with Gasteiger partial charge in [-0.15, -0.1) is 0 Å². The Hall–Kier alpha value is -3.80. The van der Waals surface area contributed by atoms with Crippen LogP contribution < -0.4 is 5.32 Å². The molecule has 2 aromatic carbocycles. The maximum atomic E-state index is 12.7. The number of fused-ring (bicyclic) bond motifs is 1. The van der Waals surface area contributed by atoms with Gasteiger partial charge in [0.15, 0.2) is 0 Å². The van der Waals surface area contributed by atoms with Crippen LogP contribution in [0.1, 0.15) is 42.3 Å². The lowest BCUT2D eigenvalue weighted by molar-refractivity contribution is 0.0656. The van der Waals surface area contributed by atoms with Crippen LogP contribution in [0, 0.1) is 0 Å². The van der Waals surface area contributed by atoms with Crippen molar-refractivity contribution in [2.24, 2.45) is 0 Å². The number of nitrogens with zero attached hydrogens (tertiary/aromatic N) is 2. The molecule has 0 aliphatic carbocycles. The maximum Gasteiger partial charge on any atom is 0.261 e. The second kappa shape index (κ2) is 8.06. The Kier molecular flexibility index (Phi) is 5.16. The normalized spacial score (nSPS) is 12.8. The van der Waals surface area contributed by atoms with E-state index in [1.807, 2.05) is 42.5 Å². The Morgan fingerprint density at radius 3 is 2.41 bits per heavy atom. The molecule has 6 nitrogen and oxygen atoms in total. The van der Waals surface area contributed by atoms with Crippen LogP contribution in [-0.4, -0.2) is 34.2 Å². The third-order valence-corrected chi connectivity index (χ3v) is 4.86. The van der Waals surface area contributed by atoms with Gasteiger partial charge in [-0.05, 0) is 42.3 Å². The van der Waals surface area contributed by atoms with Crippen LogP contribution in [0.5, 0.6) is 0 Å². The van der Waals surface area contributed by atoms with E-state index in [0.717, 1.165) is 11.3 Å². The average Bonchev–Trinajstić information content (AvgIpc) is 3.01. The molecule has 29 heavy (non-hydrogen) atoms. The second-order valence-corrected chi connectivity index (χ2v) is 6.76. The SMILES string of the molecule is O=C(NCc1ccccn1)c1ccc2c(c1)C(=O)N(CCc1ccccc1)C2=O. The molecule has 1 aliphatic rings. The number of rotatable bonds is 6. The van der Waals surface area contributed by atoms with Gasteiger partial charge in [-0.1, -0.05) is 36.4 Å². The molecule has 1 N–H and O–H groups in total. The van der Waals surface area contributed by atoms with Gasteiger partial charge in [0.2, 0.25) is 0 Å². The number of nitrogens with one attached hydrogen (secondary N) is 1. The first-order valence-corrected chi connectivity index (χ1v) is 9.36. The molecule has 0 fully saturated rings. The predicted molar refractivity (Wildman–Crippen MR) is 107 cm³/mol. The van der Waals surface area contributed by atoms with Gasteiger partial charge in [-0.25, -0.2) is 0 Å². The molecule has 3 aromatic rings. The van der Waals surface area contributed by atoms with E-state index in [1.54, 1.807) is 24.4 Å². The summed E-state index contributed by atoms with van der Waals surface area (Å²) in [7, 11) is 0.